The Kier molecular flexibility index (Phi) is 6.42. The van der Waals surface area contributed by atoms with Crippen molar-refractivity contribution in [1.29, 1.82) is 0 Å². The van der Waals surface area contributed by atoms with Crippen LogP contribution in [0.2, 0.25) is 0 Å². The fraction of sp³-hybridized carbons (Fsp3) is 0.733. The summed E-state index contributed by atoms with van der Waals surface area (Å²) in [5.74, 6) is -1.08. The molecule has 0 aromatic heterocycles. The van der Waals surface area contributed by atoms with E-state index in [2.05, 4.69) is 10.3 Å². The van der Waals surface area contributed by atoms with Crippen molar-refractivity contribution in [2.24, 2.45) is 10.9 Å². The Morgan fingerprint density at radius 3 is 2.68 bits per heavy atom. The van der Waals surface area contributed by atoms with Crippen LogP contribution < -0.4 is 5.32 Å². The smallest absolute Gasteiger partial charge is 0.260 e. The largest absolute Gasteiger partial charge is 0.342 e. The summed E-state index contributed by atoms with van der Waals surface area (Å²) in [6.07, 6.45) is 5.57. The minimum absolute atomic E-state index is 0.0437. The standard InChI is InChI=1S/C15H23N3O3S/c1-2-3-7-11-13(20)16-15(17-14(11)21)22-10-12(19)18-8-5-4-6-9-18/h11H,2-10H2,1H3,(H,16,17,20,21). The maximum Gasteiger partial charge on any atom is 0.260 e. The summed E-state index contributed by atoms with van der Waals surface area (Å²) in [6, 6.07) is 0. The fourth-order valence-electron chi connectivity index (χ4n) is 2.61. The Bertz CT molecular complexity index is 473. The quantitative estimate of drug-likeness (QED) is 0.778. The molecule has 7 heteroatoms. The van der Waals surface area contributed by atoms with Gasteiger partial charge in [-0.15, -0.1) is 0 Å². The van der Waals surface area contributed by atoms with Gasteiger partial charge in [0.1, 0.15) is 5.92 Å². The molecule has 0 spiro atoms. The first-order valence-corrected chi connectivity index (χ1v) is 8.94. The predicted octanol–water partition coefficient (Wildman–Crippen LogP) is 1.55. The van der Waals surface area contributed by atoms with E-state index < -0.39 is 5.92 Å². The molecule has 2 rings (SSSR count). The summed E-state index contributed by atoms with van der Waals surface area (Å²) in [5, 5.41) is 2.90. The van der Waals surface area contributed by atoms with E-state index in [0.29, 0.717) is 6.42 Å². The average molecular weight is 325 g/mol. The second kappa shape index (κ2) is 8.31. The lowest BCUT2D eigenvalue weighted by atomic mass is 10.00. The van der Waals surface area contributed by atoms with E-state index in [9.17, 15) is 14.4 Å². The van der Waals surface area contributed by atoms with Crippen LogP contribution in [0.1, 0.15) is 45.4 Å². The summed E-state index contributed by atoms with van der Waals surface area (Å²) in [6.45, 7) is 3.62. The highest BCUT2D eigenvalue weighted by molar-refractivity contribution is 8.14. The minimum atomic E-state index is -0.665. The fourth-order valence-corrected chi connectivity index (χ4v) is 3.38. The van der Waals surface area contributed by atoms with Crippen LogP contribution in [0.5, 0.6) is 0 Å². The van der Waals surface area contributed by atoms with Crippen molar-refractivity contribution >= 4 is 34.7 Å². The number of rotatable bonds is 5. The minimum Gasteiger partial charge on any atom is -0.342 e. The van der Waals surface area contributed by atoms with Crippen molar-refractivity contribution in [3.63, 3.8) is 0 Å². The number of amidine groups is 1. The number of unbranched alkanes of at least 4 members (excludes halogenated alkanes) is 1. The molecule has 1 atom stereocenters. The van der Waals surface area contributed by atoms with E-state index in [-0.39, 0.29) is 28.6 Å². The number of carbonyl (C=O) groups excluding carboxylic acids is 3. The van der Waals surface area contributed by atoms with Crippen molar-refractivity contribution in [3.8, 4) is 0 Å². The van der Waals surface area contributed by atoms with Gasteiger partial charge >= 0.3 is 0 Å². The lowest BCUT2D eigenvalue weighted by molar-refractivity contribution is -0.134. The van der Waals surface area contributed by atoms with Gasteiger partial charge < -0.3 is 10.2 Å². The zero-order valence-electron chi connectivity index (χ0n) is 13.0. The van der Waals surface area contributed by atoms with Crippen LogP contribution in [0.4, 0.5) is 0 Å². The zero-order chi connectivity index (χ0) is 15.9. The third-order valence-electron chi connectivity index (χ3n) is 3.94. The number of likely N-dealkylation sites (tertiary alicyclic amines) is 1. The number of amides is 3. The third-order valence-corrected chi connectivity index (χ3v) is 4.80. The van der Waals surface area contributed by atoms with Crippen molar-refractivity contribution in [1.82, 2.24) is 10.2 Å². The summed E-state index contributed by atoms with van der Waals surface area (Å²) in [4.78, 5) is 41.7. The number of thioether (sulfide) groups is 1. The topological polar surface area (TPSA) is 78.8 Å². The Morgan fingerprint density at radius 2 is 2.05 bits per heavy atom. The molecule has 2 aliphatic heterocycles. The highest BCUT2D eigenvalue weighted by Crippen LogP contribution is 2.18. The maximum absolute atomic E-state index is 12.1. The SMILES string of the molecule is CCCCC1C(=O)N=C(SCC(=O)N2CCCCC2)NC1=O. The molecule has 6 nitrogen and oxygen atoms in total. The zero-order valence-corrected chi connectivity index (χ0v) is 13.8. The van der Waals surface area contributed by atoms with Crippen LogP contribution in [-0.4, -0.2) is 46.6 Å². The van der Waals surface area contributed by atoms with Gasteiger partial charge in [0.15, 0.2) is 5.17 Å². The molecule has 0 radical (unpaired) electrons. The molecule has 0 aromatic carbocycles. The van der Waals surface area contributed by atoms with Crippen molar-refractivity contribution < 1.29 is 14.4 Å². The number of aliphatic imine (C=N–C) groups is 1. The van der Waals surface area contributed by atoms with Gasteiger partial charge in [0.25, 0.3) is 5.91 Å². The van der Waals surface area contributed by atoms with Gasteiger partial charge in [0.05, 0.1) is 5.75 Å². The lowest BCUT2D eigenvalue weighted by Gasteiger charge is -2.27. The second-order valence-electron chi connectivity index (χ2n) is 5.67. The van der Waals surface area contributed by atoms with Gasteiger partial charge in [-0.25, -0.2) is 0 Å². The van der Waals surface area contributed by atoms with Crippen molar-refractivity contribution in [3.05, 3.63) is 0 Å². The molecule has 1 saturated heterocycles. The van der Waals surface area contributed by atoms with Crippen molar-refractivity contribution in [2.45, 2.75) is 45.4 Å². The summed E-state index contributed by atoms with van der Waals surface area (Å²) in [7, 11) is 0. The van der Waals surface area contributed by atoms with Gasteiger partial charge in [-0.3, -0.25) is 14.4 Å². The first kappa shape index (κ1) is 17.0. The average Bonchev–Trinajstić information content (AvgIpc) is 2.52. The number of nitrogens with one attached hydrogen (secondary N) is 1. The Morgan fingerprint density at radius 1 is 1.32 bits per heavy atom. The van der Waals surface area contributed by atoms with Crippen LogP contribution in [0.15, 0.2) is 4.99 Å². The highest BCUT2D eigenvalue weighted by Gasteiger charge is 2.31. The third kappa shape index (κ3) is 4.56. The first-order valence-electron chi connectivity index (χ1n) is 7.95. The van der Waals surface area contributed by atoms with E-state index in [1.165, 1.54) is 6.42 Å². The summed E-state index contributed by atoms with van der Waals surface area (Å²) < 4.78 is 0. The molecule has 122 valence electrons. The molecule has 0 bridgehead atoms. The monoisotopic (exact) mass is 325 g/mol. The molecule has 0 aromatic rings. The van der Waals surface area contributed by atoms with E-state index in [1.807, 2.05) is 11.8 Å². The number of nitrogens with zero attached hydrogens (tertiary/aromatic N) is 2. The van der Waals surface area contributed by atoms with E-state index in [1.54, 1.807) is 0 Å². The Labute approximate surface area is 135 Å². The molecule has 0 saturated carbocycles. The summed E-state index contributed by atoms with van der Waals surface area (Å²) >= 11 is 1.14. The second-order valence-corrected chi connectivity index (χ2v) is 6.63. The Balaban J connectivity index is 1.84. The van der Waals surface area contributed by atoms with Crippen LogP contribution in [0.3, 0.4) is 0 Å². The van der Waals surface area contributed by atoms with Gasteiger partial charge in [0.2, 0.25) is 11.8 Å². The highest BCUT2D eigenvalue weighted by atomic mass is 32.2. The van der Waals surface area contributed by atoms with Gasteiger partial charge in [-0.05, 0) is 25.7 Å². The molecule has 2 heterocycles. The first-order chi connectivity index (χ1) is 10.6. The number of hydrogen-bond donors (Lipinski definition) is 1. The summed E-state index contributed by atoms with van der Waals surface area (Å²) in [5.41, 5.74) is 0. The molecular formula is C15H23N3O3S. The molecular weight excluding hydrogens is 302 g/mol. The normalized spacial score (nSPS) is 22.3. The van der Waals surface area contributed by atoms with Crippen LogP contribution in [0, 0.1) is 5.92 Å². The molecule has 1 unspecified atom stereocenters. The number of hydrogen-bond acceptors (Lipinski definition) is 4. The molecule has 2 aliphatic rings. The molecule has 0 aliphatic carbocycles. The molecule has 1 fully saturated rings. The molecule has 1 N–H and O–H groups in total. The lowest BCUT2D eigenvalue weighted by Crippen LogP contribution is -2.43. The number of piperidine rings is 1. The Hall–Kier alpha value is -1.37. The van der Waals surface area contributed by atoms with Crippen LogP contribution >= 0.6 is 11.8 Å². The predicted molar refractivity (Wildman–Crippen MR) is 86.5 cm³/mol. The molecule has 3 amide bonds. The van der Waals surface area contributed by atoms with Gasteiger partial charge in [-0.2, -0.15) is 4.99 Å². The maximum atomic E-state index is 12.1. The van der Waals surface area contributed by atoms with Crippen LogP contribution in [-0.2, 0) is 14.4 Å². The molecule has 22 heavy (non-hydrogen) atoms. The number of carbonyl (C=O) groups is 3. The van der Waals surface area contributed by atoms with Gasteiger partial charge in [0, 0.05) is 13.1 Å². The van der Waals surface area contributed by atoms with Gasteiger partial charge in [-0.1, -0.05) is 31.5 Å². The van der Waals surface area contributed by atoms with E-state index in [0.717, 1.165) is 50.5 Å². The van der Waals surface area contributed by atoms with Crippen molar-refractivity contribution in [2.75, 3.05) is 18.8 Å². The van der Waals surface area contributed by atoms with Crippen LogP contribution in [0.25, 0.3) is 0 Å². The van der Waals surface area contributed by atoms with E-state index in [4.69, 9.17) is 0 Å². The van der Waals surface area contributed by atoms with E-state index >= 15 is 0 Å².